The van der Waals surface area contributed by atoms with E-state index in [0.717, 1.165) is 30.4 Å². The average molecular weight is 416 g/mol. The molecule has 0 aliphatic rings. The Morgan fingerprint density at radius 1 is 1.28 bits per heavy atom. The van der Waals surface area contributed by atoms with Crippen LogP contribution in [-0.2, 0) is 32.0 Å². The van der Waals surface area contributed by atoms with Crippen molar-refractivity contribution in [3.8, 4) is 0 Å². The van der Waals surface area contributed by atoms with Crippen LogP contribution < -0.4 is 10.6 Å². The Kier molecular flexibility index (Phi) is 6.68. The largest absolute Gasteiger partial charge is 0.443 e. The van der Waals surface area contributed by atoms with Crippen molar-refractivity contribution in [1.29, 1.82) is 0 Å². The van der Waals surface area contributed by atoms with Crippen molar-refractivity contribution in [3.05, 3.63) is 51.9 Å². The lowest BCUT2D eigenvalue weighted by molar-refractivity contribution is 0.379. The monoisotopic (exact) mass is 415 g/mol. The van der Waals surface area contributed by atoms with Gasteiger partial charge in [-0.1, -0.05) is 26.8 Å². The van der Waals surface area contributed by atoms with Crippen LogP contribution in [0, 0.1) is 6.92 Å². The van der Waals surface area contributed by atoms with E-state index in [9.17, 15) is 0 Å². The molecule has 0 saturated heterocycles. The number of aromatic nitrogens is 4. The maximum absolute atomic E-state index is 5.87. The summed E-state index contributed by atoms with van der Waals surface area (Å²) in [4.78, 5) is 10.4. The molecule has 156 valence electrons. The maximum Gasteiger partial charge on any atom is 0.213 e. The lowest BCUT2D eigenvalue weighted by atomic mass is 9.94. The molecule has 0 amide bonds. The highest BCUT2D eigenvalue weighted by Crippen LogP contribution is 2.22. The van der Waals surface area contributed by atoms with Crippen LogP contribution in [-0.4, -0.2) is 32.3 Å². The molecule has 0 saturated carbocycles. The molecule has 0 aliphatic heterocycles. The lowest BCUT2D eigenvalue weighted by Gasteiger charge is -2.13. The van der Waals surface area contributed by atoms with Crippen molar-refractivity contribution in [1.82, 2.24) is 30.4 Å². The molecule has 0 fully saturated rings. The standard InChI is InChI=1S/C20H29N7OS/c1-14-25-26-17(27(14)5)12-23-19(21-9-8-15-7-6-10-29-15)24-13-18-22-11-16(28-18)20(2,3)4/h6-7,10-11H,8-9,12-13H2,1-5H3,(H2,21,23,24). The molecule has 3 heterocycles. The molecule has 0 aromatic carbocycles. The number of hydrogen-bond donors (Lipinski definition) is 2. The first kappa shape index (κ1) is 21.0. The topological polar surface area (TPSA) is 93.2 Å². The van der Waals surface area contributed by atoms with Gasteiger partial charge in [-0.15, -0.1) is 21.5 Å². The first-order chi connectivity index (χ1) is 13.8. The zero-order valence-electron chi connectivity index (χ0n) is 17.7. The van der Waals surface area contributed by atoms with Gasteiger partial charge in [0.2, 0.25) is 5.89 Å². The third-order valence-corrected chi connectivity index (χ3v) is 5.44. The second-order valence-electron chi connectivity index (χ2n) is 7.87. The van der Waals surface area contributed by atoms with Crippen LogP contribution in [0.4, 0.5) is 0 Å². The molecule has 0 radical (unpaired) electrons. The predicted molar refractivity (Wildman–Crippen MR) is 115 cm³/mol. The highest BCUT2D eigenvalue weighted by molar-refractivity contribution is 7.09. The zero-order chi connectivity index (χ0) is 20.9. The van der Waals surface area contributed by atoms with Crippen molar-refractivity contribution < 1.29 is 4.42 Å². The minimum Gasteiger partial charge on any atom is -0.443 e. The third kappa shape index (κ3) is 5.90. The van der Waals surface area contributed by atoms with Crippen molar-refractivity contribution in [3.63, 3.8) is 0 Å². The summed E-state index contributed by atoms with van der Waals surface area (Å²) in [5, 5.41) is 17.0. The first-order valence-electron chi connectivity index (χ1n) is 9.67. The minimum absolute atomic E-state index is 0.0653. The quantitative estimate of drug-likeness (QED) is 0.455. The van der Waals surface area contributed by atoms with E-state index in [0.29, 0.717) is 24.9 Å². The zero-order valence-corrected chi connectivity index (χ0v) is 18.5. The number of nitrogens with one attached hydrogen (secondary N) is 2. The summed E-state index contributed by atoms with van der Waals surface area (Å²) in [6, 6.07) is 4.21. The number of guanidine groups is 1. The van der Waals surface area contributed by atoms with E-state index in [4.69, 9.17) is 4.42 Å². The van der Waals surface area contributed by atoms with Gasteiger partial charge in [0, 0.05) is 23.9 Å². The Bertz CT molecular complexity index is 935. The minimum atomic E-state index is -0.0653. The fourth-order valence-corrected chi connectivity index (χ4v) is 3.28. The molecule has 3 rings (SSSR count). The molecule has 0 atom stereocenters. The number of nitrogens with zero attached hydrogens (tertiary/aromatic N) is 5. The van der Waals surface area contributed by atoms with E-state index in [-0.39, 0.29) is 5.41 Å². The molecule has 3 aromatic rings. The second kappa shape index (κ2) is 9.21. The van der Waals surface area contributed by atoms with Crippen molar-refractivity contribution in [2.45, 2.75) is 52.6 Å². The molecule has 29 heavy (non-hydrogen) atoms. The Morgan fingerprint density at radius 2 is 2.10 bits per heavy atom. The summed E-state index contributed by atoms with van der Waals surface area (Å²) in [5.74, 6) is 3.88. The van der Waals surface area contributed by atoms with Gasteiger partial charge in [-0.3, -0.25) is 0 Å². The molecule has 9 heteroatoms. The van der Waals surface area contributed by atoms with E-state index in [2.05, 4.69) is 69.1 Å². The van der Waals surface area contributed by atoms with E-state index in [1.807, 2.05) is 18.5 Å². The van der Waals surface area contributed by atoms with Crippen LogP contribution in [0.25, 0.3) is 0 Å². The van der Waals surface area contributed by atoms with Crippen molar-refractivity contribution in [2.75, 3.05) is 6.54 Å². The second-order valence-corrected chi connectivity index (χ2v) is 8.90. The van der Waals surface area contributed by atoms with Crippen molar-refractivity contribution >= 4 is 17.3 Å². The molecular weight excluding hydrogens is 386 g/mol. The van der Waals surface area contributed by atoms with Crippen LogP contribution in [0.1, 0.15) is 48.9 Å². The van der Waals surface area contributed by atoms with Gasteiger partial charge in [-0.2, -0.15) is 0 Å². The van der Waals surface area contributed by atoms with E-state index < -0.39 is 0 Å². The molecular formula is C20H29N7OS. The highest BCUT2D eigenvalue weighted by atomic mass is 32.1. The molecule has 2 N–H and O–H groups in total. The molecule has 0 aliphatic carbocycles. The average Bonchev–Trinajstić information content (AvgIpc) is 3.41. The Morgan fingerprint density at radius 3 is 2.72 bits per heavy atom. The fraction of sp³-hybridized carbons (Fsp3) is 0.500. The summed E-state index contributed by atoms with van der Waals surface area (Å²) < 4.78 is 7.81. The molecule has 0 bridgehead atoms. The van der Waals surface area contributed by atoms with Gasteiger partial charge in [-0.25, -0.2) is 9.98 Å². The van der Waals surface area contributed by atoms with E-state index >= 15 is 0 Å². The SMILES string of the molecule is Cc1nnc(CN=C(NCCc2cccs2)NCc2ncc(C(C)(C)C)o2)n1C. The van der Waals surface area contributed by atoms with Gasteiger partial charge < -0.3 is 19.6 Å². The van der Waals surface area contributed by atoms with Crippen molar-refractivity contribution in [2.24, 2.45) is 12.0 Å². The molecule has 0 spiro atoms. The third-order valence-electron chi connectivity index (χ3n) is 4.51. The highest BCUT2D eigenvalue weighted by Gasteiger charge is 2.19. The number of thiophene rings is 1. The number of aliphatic imine (C=N–C) groups is 1. The fourth-order valence-electron chi connectivity index (χ4n) is 2.57. The van der Waals surface area contributed by atoms with Gasteiger partial charge in [0.25, 0.3) is 0 Å². The summed E-state index contributed by atoms with van der Waals surface area (Å²) in [6.45, 7) is 9.91. The first-order valence-corrected chi connectivity index (χ1v) is 10.6. The predicted octanol–water partition coefficient (Wildman–Crippen LogP) is 2.95. The van der Waals surface area contributed by atoms with Gasteiger partial charge in [0.1, 0.15) is 18.1 Å². The summed E-state index contributed by atoms with van der Waals surface area (Å²) in [5.41, 5.74) is -0.0653. The summed E-state index contributed by atoms with van der Waals surface area (Å²) >= 11 is 1.76. The lowest BCUT2D eigenvalue weighted by Crippen LogP contribution is -2.38. The molecule has 8 nitrogen and oxygen atoms in total. The number of aryl methyl sites for hydroxylation is 1. The normalized spacial score (nSPS) is 12.4. The summed E-state index contributed by atoms with van der Waals surface area (Å²) in [6.07, 6.45) is 2.73. The number of oxazole rings is 1. The molecule has 3 aromatic heterocycles. The number of rotatable bonds is 7. The van der Waals surface area contributed by atoms with Crippen LogP contribution >= 0.6 is 11.3 Å². The van der Waals surface area contributed by atoms with E-state index in [1.54, 1.807) is 17.5 Å². The van der Waals surface area contributed by atoms with Gasteiger partial charge in [0.15, 0.2) is 11.8 Å². The van der Waals surface area contributed by atoms with Gasteiger partial charge in [-0.05, 0) is 24.8 Å². The van der Waals surface area contributed by atoms with Crippen LogP contribution in [0.15, 0.2) is 33.1 Å². The Hall–Kier alpha value is -2.68. The van der Waals surface area contributed by atoms with Gasteiger partial charge in [0.05, 0.1) is 12.7 Å². The smallest absolute Gasteiger partial charge is 0.213 e. The number of hydrogen-bond acceptors (Lipinski definition) is 6. The Labute approximate surface area is 175 Å². The molecule has 0 unspecified atom stereocenters. The Balaban J connectivity index is 1.63. The summed E-state index contributed by atoms with van der Waals surface area (Å²) in [7, 11) is 1.94. The van der Waals surface area contributed by atoms with Gasteiger partial charge >= 0.3 is 0 Å². The van der Waals surface area contributed by atoms with Crippen LogP contribution in [0.2, 0.25) is 0 Å². The van der Waals surface area contributed by atoms with Crippen LogP contribution in [0.5, 0.6) is 0 Å². The van der Waals surface area contributed by atoms with E-state index in [1.165, 1.54) is 4.88 Å². The maximum atomic E-state index is 5.87. The van der Waals surface area contributed by atoms with Crippen LogP contribution in [0.3, 0.4) is 0 Å².